The molecule has 2 unspecified atom stereocenters. The van der Waals surface area contributed by atoms with Crippen molar-refractivity contribution in [1.29, 1.82) is 0 Å². The third kappa shape index (κ3) is 4.86. The molecule has 3 N–H and O–H groups in total. The second-order valence-electron chi connectivity index (χ2n) is 8.72. The Balaban J connectivity index is 1.66. The first-order valence-corrected chi connectivity index (χ1v) is 12.6. The van der Waals surface area contributed by atoms with Crippen LogP contribution in [0.1, 0.15) is 16.7 Å². The van der Waals surface area contributed by atoms with Gasteiger partial charge in [-0.2, -0.15) is 12.6 Å². The molecule has 0 radical (unpaired) electrons. The maximum Gasteiger partial charge on any atom is 0.271 e. The molecule has 5 rings (SSSR count). The van der Waals surface area contributed by atoms with Crippen LogP contribution in [-0.4, -0.2) is 62.1 Å². The normalized spacial score (nSPS) is 16.0. The lowest BCUT2D eigenvalue weighted by molar-refractivity contribution is -0.121. The summed E-state index contributed by atoms with van der Waals surface area (Å²) in [5.41, 5.74) is 10.9. The van der Waals surface area contributed by atoms with E-state index in [0.29, 0.717) is 22.8 Å². The number of amides is 1. The molecule has 1 amide bonds. The number of nitrogens with zero attached hydrogens (tertiary/aromatic N) is 6. The monoisotopic (exact) mass is 526 g/mol. The molecule has 0 aliphatic carbocycles. The van der Waals surface area contributed by atoms with Crippen LogP contribution in [0.15, 0.2) is 84.1 Å². The molecular formula is C27H26N8O2S. The summed E-state index contributed by atoms with van der Waals surface area (Å²) in [6, 6.07) is 22.0. The van der Waals surface area contributed by atoms with Gasteiger partial charge in [0.1, 0.15) is 0 Å². The summed E-state index contributed by atoms with van der Waals surface area (Å²) in [5, 5.41) is 15.0. The van der Waals surface area contributed by atoms with Crippen LogP contribution >= 0.6 is 12.6 Å². The molecule has 0 spiro atoms. The number of aliphatic imine (C=N–C) groups is 1. The van der Waals surface area contributed by atoms with Crippen LogP contribution in [0.3, 0.4) is 0 Å². The van der Waals surface area contributed by atoms with E-state index in [1.54, 1.807) is 4.90 Å². The quantitative estimate of drug-likeness (QED) is 0.300. The topological polar surface area (TPSA) is 131 Å². The number of anilines is 2. The second kappa shape index (κ2) is 11.1. The smallest absolute Gasteiger partial charge is 0.271 e. The van der Waals surface area contributed by atoms with E-state index in [1.807, 2.05) is 79.7 Å². The molecule has 0 saturated carbocycles. The molecule has 1 aromatic heterocycles. The lowest BCUT2D eigenvalue weighted by atomic mass is 9.99. The molecule has 38 heavy (non-hydrogen) atoms. The van der Waals surface area contributed by atoms with Crippen molar-refractivity contribution in [3.8, 4) is 5.69 Å². The van der Waals surface area contributed by atoms with Gasteiger partial charge in [-0.1, -0.05) is 54.6 Å². The molecule has 10 nitrogen and oxygen atoms in total. The van der Waals surface area contributed by atoms with Crippen molar-refractivity contribution in [2.75, 3.05) is 17.2 Å². The molecule has 192 valence electrons. The van der Waals surface area contributed by atoms with Crippen LogP contribution in [-0.2, 0) is 9.59 Å². The Morgan fingerprint density at radius 3 is 2.47 bits per heavy atom. The van der Waals surface area contributed by atoms with E-state index >= 15 is 0 Å². The Morgan fingerprint density at radius 1 is 1.03 bits per heavy atom. The number of aromatic nitrogens is 4. The van der Waals surface area contributed by atoms with Gasteiger partial charge in [-0.05, 0) is 30.3 Å². The van der Waals surface area contributed by atoms with Crippen molar-refractivity contribution in [3.63, 3.8) is 0 Å². The Morgan fingerprint density at radius 2 is 1.74 bits per heavy atom. The Hall–Kier alpha value is -4.19. The van der Waals surface area contributed by atoms with E-state index in [9.17, 15) is 9.59 Å². The zero-order chi connectivity index (χ0) is 26.6. The molecule has 0 fully saturated rings. The van der Waals surface area contributed by atoms with Gasteiger partial charge in [0.15, 0.2) is 18.3 Å². The number of para-hydroxylation sites is 1. The summed E-state index contributed by atoms with van der Waals surface area (Å²) < 4.78 is 0. The van der Waals surface area contributed by atoms with Crippen molar-refractivity contribution in [3.05, 3.63) is 95.8 Å². The molecular weight excluding hydrogens is 500 g/mol. The number of carbonyl (C=O) groups is 2. The van der Waals surface area contributed by atoms with E-state index in [4.69, 9.17) is 10.7 Å². The fourth-order valence-electron chi connectivity index (χ4n) is 4.35. The first-order valence-electron chi connectivity index (χ1n) is 12.0. The largest absolute Gasteiger partial charge is 0.321 e. The Bertz CT molecular complexity index is 1490. The van der Waals surface area contributed by atoms with Gasteiger partial charge in [0.25, 0.3) is 5.91 Å². The van der Waals surface area contributed by atoms with E-state index in [2.05, 4.69) is 33.4 Å². The summed E-state index contributed by atoms with van der Waals surface area (Å²) in [6.07, 6.45) is 0.298. The van der Waals surface area contributed by atoms with Gasteiger partial charge in [-0.15, -0.1) is 15.0 Å². The number of benzodiazepines with no additional fused rings is 1. The molecule has 1 aliphatic heterocycles. The van der Waals surface area contributed by atoms with Crippen LogP contribution in [0.5, 0.6) is 0 Å². The summed E-state index contributed by atoms with van der Waals surface area (Å²) in [4.78, 5) is 34.7. The minimum Gasteiger partial charge on any atom is -0.321 e. The first-order chi connectivity index (χ1) is 18.5. The van der Waals surface area contributed by atoms with Crippen molar-refractivity contribution in [2.45, 2.75) is 19.1 Å². The minimum atomic E-state index is -1.05. The highest BCUT2D eigenvalue weighted by atomic mass is 32.1. The van der Waals surface area contributed by atoms with Gasteiger partial charge in [0.2, 0.25) is 0 Å². The maximum absolute atomic E-state index is 14.2. The van der Waals surface area contributed by atoms with E-state index in [1.165, 1.54) is 11.1 Å². The van der Waals surface area contributed by atoms with Crippen molar-refractivity contribution in [2.24, 2.45) is 10.7 Å². The predicted octanol–water partition coefficient (Wildman–Crippen LogP) is 2.23. The number of benzene rings is 3. The van der Waals surface area contributed by atoms with Crippen molar-refractivity contribution < 1.29 is 9.59 Å². The standard InChI is InChI=1S/C27H26N8O2S/c1-17-21(12-7-13-22(17)35-31-16-30-33-35)34-23-11-6-5-10-19(23)25(18-8-3-2-4-9-18)32-26(27(34)37)29-14-24(36)20(28)15-38/h2-13,16,20,26,29,38H,14-15,28H2,1H3. The molecule has 0 saturated heterocycles. The fourth-order valence-corrected chi connectivity index (χ4v) is 4.55. The predicted molar refractivity (Wildman–Crippen MR) is 148 cm³/mol. The van der Waals surface area contributed by atoms with Crippen LogP contribution in [0.25, 0.3) is 5.69 Å². The summed E-state index contributed by atoms with van der Waals surface area (Å²) >= 11 is 4.12. The average molecular weight is 527 g/mol. The van der Waals surface area contributed by atoms with Gasteiger partial charge in [-0.3, -0.25) is 24.8 Å². The number of rotatable bonds is 8. The first kappa shape index (κ1) is 25.5. The molecule has 2 atom stereocenters. The number of nitrogens with two attached hydrogens (primary N) is 1. The van der Waals surface area contributed by atoms with Gasteiger partial charge in [-0.25, -0.2) is 0 Å². The maximum atomic E-state index is 14.2. The third-order valence-electron chi connectivity index (χ3n) is 6.32. The Kier molecular flexibility index (Phi) is 7.40. The van der Waals surface area contributed by atoms with Crippen LogP contribution in [0.4, 0.5) is 11.4 Å². The molecule has 1 aliphatic rings. The highest BCUT2D eigenvalue weighted by molar-refractivity contribution is 7.80. The number of Topliss-reactive ketones (excluding diaryl/α,β-unsaturated/α-hetero) is 1. The highest BCUT2D eigenvalue weighted by Gasteiger charge is 2.34. The van der Waals surface area contributed by atoms with Gasteiger partial charge in [0, 0.05) is 22.4 Å². The molecule has 2 heterocycles. The lowest BCUT2D eigenvalue weighted by Gasteiger charge is -2.27. The average Bonchev–Trinajstić information content (AvgIpc) is 3.45. The van der Waals surface area contributed by atoms with E-state index in [0.717, 1.165) is 16.7 Å². The summed E-state index contributed by atoms with van der Waals surface area (Å²) in [7, 11) is 0. The van der Waals surface area contributed by atoms with Crippen molar-refractivity contribution in [1.82, 2.24) is 25.5 Å². The number of fused-ring (bicyclic) bond motifs is 1. The summed E-state index contributed by atoms with van der Waals surface area (Å²) in [5.74, 6) is -0.396. The zero-order valence-corrected chi connectivity index (χ0v) is 21.5. The molecule has 0 bridgehead atoms. The SMILES string of the molecule is Cc1c(N2C(=O)C(NCC(=O)C(N)CS)N=C(c3ccccc3)c3ccccc32)cccc1-n1ncnn1. The number of nitrogens with one attached hydrogen (secondary N) is 1. The number of carbonyl (C=O) groups excluding carboxylic acids is 2. The molecule has 3 aromatic carbocycles. The zero-order valence-electron chi connectivity index (χ0n) is 20.6. The summed E-state index contributed by atoms with van der Waals surface area (Å²) in [6.45, 7) is 1.77. The number of hydrogen-bond donors (Lipinski definition) is 3. The number of ketones is 1. The van der Waals surface area contributed by atoms with Gasteiger partial charge < -0.3 is 5.73 Å². The van der Waals surface area contributed by atoms with Crippen LogP contribution in [0, 0.1) is 6.92 Å². The second-order valence-corrected chi connectivity index (χ2v) is 9.09. The van der Waals surface area contributed by atoms with E-state index < -0.39 is 12.2 Å². The highest BCUT2D eigenvalue weighted by Crippen LogP contribution is 2.36. The molecule has 4 aromatic rings. The van der Waals surface area contributed by atoms with Crippen LogP contribution < -0.4 is 16.0 Å². The van der Waals surface area contributed by atoms with Gasteiger partial charge >= 0.3 is 0 Å². The van der Waals surface area contributed by atoms with Gasteiger partial charge in [0.05, 0.1) is 35.4 Å². The molecule has 11 heteroatoms. The lowest BCUT2D eigenvalue weighted by Crippen LogP contribution is -2.48. The fraction of sp³-hybridized carbons (Fsp3) is 0.185. The Labute approximate surface area is 225 Å². The number of thiol groups is 1. The third-order valence-corrected chi connectivity index (χ3v) is 6.72. The number of hydrogen-bond acceptors (Lipinski definition) is 9. The van der Waals surface area contributed by atoms with Crippen LogP contribution in [0.2, 0.25) is 0 Å². The number of tetrazole rings is 1. The van der Waals surface area contributed by atoms with E-state index in [-0.39, 0.29) is 24.0 Å². The van der Waals surface area contributed by atoms with Crippen molar-refractivity contribution >= 4 is 41.4 Å². The minimum absolute atomic E-state index is 0.129.